The van der Waals surface area contributed by atoms with Crippen LogP contribution in [0.2, 0.25) is 5.02 Å². The van der Waals surface area contributed by atoms with Gasteiger partial charge < -0.3 is 10.1 Å². The van der Waals surface area contributed by atoms with E-state index in [-0.39, 0.29) is 38.4 Å². The molecule has 0 saturated carbocycles. The second-order valence-corrected chi connectivity index (χ2v) is 8.74. The SMILES string of the molecule is N#Cc1cnc2ccc([N+](=O)[O-])cc2c1Nc1cccc(Cl)c1Oc1ccc(S(=O)(=O)O)cc1. The molecule has 0 aliphatic carbocycles. The number of aromatic nitrogens is 1. The minimum Gasteiger partial charge on any atom is -0.454 e. The van der Waals surface area contributed by atoms with Crippen LogP contribution in [0.3, 0.4) is 0 Å². The molecule has 0 fully saturated rings. The number of para-hydroxylation sites is 1. The van der Waals surface area contributed by atoms with Crippen molar-refractivity contribution in [2.24, 2.45) is 0 Å². The number of hydrogen-bond donors (Lipinski definition) is 2. The summed E-state index contributed by atoms with van der Waals surface area (Å²) in [5.41, 5.74) is 0.995. The van der Waals surface area contributed by atoms with E-state index in [0.29, 0.717) is 16.6 Å². The van der Waals surface area contributed by atoms with Crippen molar-refractivity contribution in [3.05, 3.63) is 87.6 Å². The van der Waals surface area contributed by atoms with Crippen LogP contribution in [0, 0.1) is 21.4 Å². The third-order valence-corrected chi connectivity index (χ3v) is 5.92. The first-order valence-corrected chi connectivity index (χ1v) is 11.3. The Morgan fingerprint density at radius 2 is 1.88 bits per heavy atom. The van der Waals surface area contributed by atoms with Crippen LogP contribution in [-0.4, -0.2) is 22.9 Å². The van der Waals surface area contributed by atoms with Gasteiger partial charge in [-0.3, -0.25) is 19.7 Å². The Bertz CT molecular complexity index is 1580. The number of ether oxygens (including phenoxy) is 1. The van der Waals surface area contributed by atoms with Gasteiger partial charge in [0.25, 0.3) is 15.8 Å². The van der Waals surface area contributed by atoms with E-state index in [4.69, 9.17) is 20.9 Å². The summed E-state index contributed by atoms with van der Waals surface area (Å²) < 4.78 is 37.5. The number of nitrogens with zero attached hydrogens (tertiary/aromatic N) is 3. The maximum absolute atomic E-state index is 11.3. The lowest BCUT2D eigenvalue weighted by Gasteiger charge is -2.16. The molecule has 12 heteroatoms. The first-order valence-electron chi connectivity index (χ1n) is 9.45. The maximum atomic E-state index is 11.3. The molecule has 3 aromatic carbocycles. The summed E-state index contributed by atoms with van der Waals surface area (Å²) in [6.07, 6.45) is 1.34. The van der Waals surface area contributed by atoms with Crippen LogP contribution in [0.5, 0.6) is 11.5 Å². The molecule has 0 unspecified atom stereocenters. The smallest absolute Gasteiger partial charge is 0.294 e. The number of fused-ring (bicyclic) bond motifs is 1. The molecule has 4 rings (SSSR count). The third-order valence-electron chi connectivity index (χ3n) is 4.75. The van der Waals surface area contributed by atoms with Crippen molar-refractivity contribution in [3.63, 3.8) is 0 Å². The molecule has 1 aromatic heterocycles. The zero-order valence-electron chi connectivity index (χ0n) is 17.0. The van der Waals surface area contributed by atoms with Crippen molar-refractivity contribution in [1.82, 2.24) is 4.98 Å². The predicted molar refractivity (Wildman–Crippen MR) is 124 cm³/mol. The average Bonchev–Trinajstić information content (AvgIpc) is 2.80. The van der Waals surface area contributed by atoms with Crippen LogP contribution in [0.25, 0.3) is 10.9 Å². The van der Waals surface area contributed by atoms with E-state index in [9.17, 15) is 23.8 Å². The molecule has 170 valence electrons. The van der Waals surface area contributed by atoms with Gasteiger partial charge in [-0.2, -0.15) is 13.7 Å². The third kappa shape index (κ3) is 4.60. The van der Waals surface area contributed by atoms with Gasteiger partial charge in [0.2, 0.25) is 0 Å². The standard InChI is InChI=1S/C22H13ClN4O6S/c23-18-2-1-3-20(22(18)33-15-5-7-16(8-6-15)34(30,31)32)26-21-13(11-24)12-25-19-9-4-14(27(28)29)10-17(19)21/h1-10,12H,(H,25,26)(H,30,31,32). The summed E-state index contributed by atoms with van der Waals surface area (Å²) in [7, 11) is -4.37. The van der Waals surface area contributed by atoms with E-state index in [0.717, 1.165) is 12.1 Å². The van der Waals surface area contributed by atoms with Crippen molar-refractivity contribution in [2.45, 2.75) is 4.90 Å². The average molecular weight is 497 g/mol. The lowest BCUT2D eigenvalue weighted by atomic mass is 10.1. The van der Waals surface area contributed by atoms with Gasteiger partial charge in [0.15, 0.2) is 5.75 Å². The van der Waals surface area contributed by atoms with Gasteiger partial charge in [0.1, 0.15) is 11.8 Å². The number of nitro benzene ring substituents is 1. The van der Waals surface area contributed by atoms with E-state index in [1.807, 2.05) is 6.07 Å². The van der Waals surface area contributed by atoms with Crippen LogP contribution in [0.15, 0.2) is 71.8 Å². The minimum absolute atomic E-state index is 0.136. The summed E-state index contributed by atoms with van der Waals surface area (Å²) in [6.45, 7) is 0. The molecular weight excluding hydrogens is 484 g/mol. The molecule has 4 aromatic rings. The Hall–Kier alpha value is -4.24. The Balaban J connectivity index is 1.79. The molecule has 0 bridgehead atoms. The zero-order chi connectivity index (χ0) is 24.5. The Morgan fingerprint density at radius 3 is 2.53 bits per heavy atom. The van der Waals surface area contributed by atoms with E-state index < -0.39 is 15.0 Å². The van der Waals surface area contributed by atoms with Crippen molar-refractivity contribution in [2.75, 3.05) is 5.32 Å². The second kappa shape index (κ2) is 8.95. The van der Waals surface area contributed by atoms with Crippen LogP contribution in [0.4, 0.5) is 17.1 Å². The molecule has 0 aliphatic rings. The number of benzene rings is 3. The monoisotopic (exact) mass is 496 g/mol. The molecule has 0 atom stereocenters. The van der Waals surface area contributed by atoms with Crippen LogP contribution >= 0.6 is 11.6 Å². The molecule has 0 saturated heterocycles. The topological polar surface area (TPSA) is 155 Å². The number of anilines is 2. The van der Waals surface area contributed by atoms with Crippen LogP contribution in [-0.2, 0) is 10.1 Å². The highest BCUT2D eigenvalue weighted by molar-refractivity contribution is 7.85. The highest BCUT2D eigenvalue weighted by Crippen LogP contribution is 2.40. The quantitative estimate of drug-likeness (QED) is 0.201. The number of non-ortho nitro benzene ring substituents is 1. The number of nitro groups is 1. The molecule has 0 spiro atoms. The summed E-state index contributed by atoms with van der Waals surface area (Å²) in [5, 5.41) is 24.5. The fraction of sp³-hybridized carbons (Fsp3) is 0. The number of halogens is 1. The lowest BCUT2D eigenvalue weighted by Crippen LogP contribution is -2.00. The zero-order valence-corrected chi connectivity index (χ0v) is 18.5. The van der Waals surface area contributed by atoms with Gasteiger partial charge in [0, 0.05) is 23.7 Å². The van der Waals surface area contributed by atoms with Crippen molar-refractivity contribution in [3.8, 4) is 17.6 Å². The van der Waals surface area contributed by atoms with Gasteiger partial charge in [0.05, 0.1) is 37.3 Å². The minimum atomic E-state index is -4.37. The van der Waals surface area contributed by atoms with Gasteiger partial charge in [-0.05, 0) is 42.5 Å². The van der Waals surface area contributed by atoms with Gasteiger partial charge in [-0.15, -0.1) is 0 Å². The molecule has 0 radical (unpaired) electrons. The normalized spacial score (nSPS) is 11.1. The molecule has 10 nitrogen and oxygen atoms in total. The Labute approximate surface area is 197 Å². The van der Waals surface area contributed by atoms with Crippen molar-refractivity contribution >= 4 is 49.7 Å². The highest BCUT2D eigenvalue weighted by Gasteiger charge is 2.17. The van der Waals surface area contributed by atoms with E-state index in [1.165, 1.54) is 36.5 Å². The predicted octanol–water partition coefficient (Wildman–Crippen LogP) is 5.45. The van der Waals surface area contributed by atoms with Gasteiger partial charge >= 0.3 is 0 Å². The number of nitrogens with one attached hydrogen (secondary N) is 1. The number of nitriles is 1. The molecular formula is C22H13ClN4O6S. The summed E-state index contributed by atoms with van der Waals surface area (Å²) >= 11 is 6.34. The number of hydrogen-bond acceptors (Lipinski definition) is 8. The van der Waals surface area contributed by atoms with Gasteiger partial charge in [-0.25, -0.2) is 0 Å². The first-order chi connectivity index (χ1) is 16.2. The first kappa shape index (κ1) is 22.9. The molecule has 1 heterocycles. The molecule has 0 amide bonds. The Kier molecular flexibility index (Phi) is 6.04. The molecule has 2 N–H and O–H groups in total. The fourth-order valence-electron chi connectivity index (χ4n) is 3.16. The van der Waals surface area contributed by atoms with E-state index in [1.54, 1.807) is 18.2 Å². The fourth-order valence-corrected chi connectivity index (χ4v) is 3.85. The maximum Gasteiger partial charge on any atom is 0.294 e. The van der Waals surface area contributed by atoms with Crippen LogP contribution < -0.4 is 10.1 Å². The highest BCUT2D eigenvalue weighted by atomic mass is 35.5. The Morgan fingerprint density at radius 1 is 1.15 bits per heavy atom. The molecule has 34 heavy (non-hydrogen) atoms. The van der Waals surface area contributed by atoms with E-state index in [2.05, 4.69) is 10.3 Å². The van der Waals surface area contributed by atoms with Crippen molar-refractivity contribution in [1.29, 1.82) is 5.26 Å². The summed E-state index contributed by atoms with van der Waals surface area (Å²) in [6, 6.07) is 15.9. The van der Waals surface area contributed by atoms with Crippen LogP contribution in [0.1, 0.15) is 5.56 Å². The number of rotatable bonds is 6. The van der Waals surface area contributed by atoms with Gasteiger partial charge in [-0.1, -0.05) is 17.7 Å². The largest absolute Gasteiger partial charge is 0.454 e. The summed E-state index contributed by atoms with van der Waals surface area (Å²) in [4.78, 5) is 14.6. The molecule has 0 aliphatic heterocycles. The lowest BCUT2D eigenvalue weighted by molar-refractivity contribution is -0.384. The second-order valence-electron chi connectivity index (χ2n) is 6.91. The number of pyridine rings is 1. The summed E-state index contributed by atoms with van der Waals surface area (Å²) in [5.74, 6) is 0.377. The van der Waals surface area contributed by atoms with Crippen molar-refractivity contribution < 1.29 is 22.6 Å². The van der Waals surface area contributed by atoms with E-state index >= 15 is 0 Å².